The number of carbonyl (C=O) groups excluding carboxylic acids is 1. The third kappa shape index (κ3) is 3.86. The molecule has 1 N–H and O–H groups in total. The van der Waals surface area contributed by atoms with E-state index in [2.05, 4.69) is 15.1 Å². The number of aromatic nitrogens is 4. The molecule has 0 radical (unpaired) electrons. The number of nitrogens with zero attached hydrogens (tertiary/aromatic N) is 5. The summed E-state index contributed by atoms with van der Waals surface area (Å²) in [5, 5.41) is 5.04. The number of halogens is 1. The lowest BCUT2D eigenvalue weighted by atomic mass is 9.96. The van der Waals surface area contributed by atoms with Crippen molar-refractivity contribution in [2.24, 2.45) is 7.05 Å². The summed E-state index contributed by atoms with van der Waals surface area (Å²) in [6.07, 6.45) is 3.34. The highest BCUT2D eigenvalue weighted by Crippen LogP contribution is 2.31. The van der Waals surface area contributed by atoms with Crippen LogP contribution in [0.5, 0.6) is 5.75 Å². The van der Waals surface area contributed by atoms with Gasteiger partial charge in [0.05, 0.1) is 33.6 Å². The summed E-state index contributed by atoms with van der Waals surface area (Å²) in [6.45, 7) is 2.32. The zero-order valence-corrected chi connectivity index (χ0v) is 16.4. The van der Waals surface area contributed by atoms with Crippen molar-refractivity contribution < 1.29 is 18.1 Å². The van der Waals surface area contributed by atoms with Crippen molar-refractivity contribution in [2.75, 3.05) is 11.6 Å². The summed E-state index contributed by atoms with van der Waals surface area (Å²) in [6, 6.07) is 4.06. The number of hydrazine groups is 1. The molecule has 3 heterocycles. The maximum absolute atomic E-state index is 15.9. The van der Waals surface area contributed by atoms with E-state index in [1.54, 1.807) is 19.2 Å². The number of ketones is 1. The molecule has 0 saturated carbocycles. The summed E-state index contributed by atoms with van der Waals surface area (Å²) in [4.78, 5) is 21.4. The summed E-state index contributed by atoms with van der Waals surface area (Å²) in [5.41, 5.74) is 1.46. The minimum absolute atomic E-state index is 0.145. The second kappa shape index (κ2) is 8.32. The predicted molar refractivity (Wildman–Crippen MR) is 109 cm³/mol. The van der Waals surface area contributed by atoms with Gasteiger partial charge in [-0.2, -0.15) is 5.10 Å². The number of anilines is 1. The van der Waals surface area contributed by atoms with E-state index in [1.807, 2.05) is 6.92 Å². The third-order valence-electron chi connectivity index (χ3n) is 4.50. The van der Waals surface area contributed by atoms with Gasteiger partial charge in [0.15, 0.2) is 24.9 Å². The van der Waals surface area contributed by atoms with Gasteiger partial charge in [0.1, 0.15) is 6.04 Å². The minimum atomic E-state index is -1.92. The van der Waals surface area contributed by atoms with Crippen molar-refractivity contribution >= 4 is 11.5 Å². The van der Waals surface area contributed by atoms with Gasteiger partial charge < -0.3 is 10.2 Å². The molecule has 8 nitrogen and oxygen atoms in total. The number of aryl methyl sites for hydroxylation is 1. The third-order valence-corrected chi connectivity index (χ3v) is 4.50. The van der Waals surface area contributed by atoms with Crippen molar-refractivity contribution in [1.82, 2.24) is 25.2 Å². The fourth-order valence-corrected chi connectivity index (χ4v) is 3.12. The molecule has 1 aliphatic heterocycles. The highest BCUT2D eigenvalue weighted by Gasteiger charge is 2.36. The molecule has 0 fully saturated rings. The van der Waals surface area contributed by atoms with E-state index in [9.17, 15) is 4.79 Å². The van der Waals surface area contributed by atoms with Crippen LogP contribution in [0.25, 0.3) is 11.4 Å². The Bertz CT molecular complexity index is 1200. The van der Waals surface area contributed by atoms with E-state index in [0.717, 1.165) is 5.01 Å². The van der Waals surface area contributed by atoms with Gasteiger partial charge in [-0.05, 0) is 18.6 Å². The molecule has 0 amide bonds. The first-order chi connectivity index (χ1) is 15.8. The molecular weight excluding hydrogens is 387 g/mol. The monoisotopic (exact) mass is 411 g/mol. The average Bonchev–Trinajstić information content (AvgIpc) is 3.26. The van der Waals surface area contributed by atoms with Gasteiger partial charge in [0.2, 0.25) is 0 Å². The zero-order valence-electron chi connectivity index (χ0n) is 19.4. The van der Waals surface area contributed by atoms with Crippen molar-refractivity contribution in [3.63, 3.8) is 0 Å². The van der Waals surface area contributed by atoms with Crippen LogP contribution in [0.2, 0.25) is 1.41 Å². The van der Waals surface area contributed by atoms with E-state index in [0.29, 0.717) is 29.2 Å². The first-order valence-electron chi connectivity index (χ1n) is 10.7. The molecule has 0 bridgehead atoms. The van der Waals surface area contributed by atoms with E-state index in [1.165, 1.54) is 41.6 Å². The number of carbonyl (C=O) groups is 1. The number of alkyl halides is 1. The van der Waals surface area contributed by atoms with Gasteiger partial charge >= 0.3 is 0 Å². The fraction of sp³-hybridized carbons (Fsp3) is 0.238. The number of hydrogen-bond acceptors (Lipinski definition) is 7. The van der Waals surface area contributed by atoms with Gasteiger partial charge in [-0.1, -0.05) is 18.2 Å². The van der Waals surface area contributed by atoms with Gasteiger partial charge in [0.25, 0.3) is 0 Å². The number of hydrogen-bond donors (Lipinski definition) is 1. The average molecular weight is 411 g/mol. The minimum Gasteiger partial charge on any atom is -0.491 e. The topological polar surface area (TPSA) is 85.2 Å². The molecule has 3 aromatic rings. The molecule has 1 aliphatic rings. The summed E-state index contributed by atoms with van der Waals surface area (Å²) < 4.78 is 46.8. The van der Waals surface area contributed by atoms with Crippen molar-refractivity contribution in [2.45, 2.75) is 19.1 Å². The van der Waals surface area contributed by atoms with Crippen molar-refractivity contribution in [3.05, 3.63) is 66.8 Å². The Morgan fingerprint density at radius 3 is 2.87 bits per heavy atom. The first-order valence-corrected chi connectivity index (χ1v) is 9.29. The normalized spacial score (nSPS) is 19.4. The lowest BCUT2D eigenvalue weighted by Gasteiger charge is -2.35. The first kappa shape index (κ1) is 16.1. The molecule has 0 saturated heterocycles. The van der Waals surface area contributed by atoms with Crippen LogP contribution >= 0.6 is 0 Å². The maximum Gasteiger partial charge on any atom is 0.187 e. The highest BCUT2D eigenvalue weighted by molar-refractivity contribution is 5.98. The molecule has 9 heteroatoms. The second-order valence-electron chi connectivity index (χ2n) is 6.57. The Morgan fingerprint density at radius 2 is 2.17 bits per heavy atom. The Balaban J connectivity index is 1.71. The number of benzene rings is 1. The number of nitrogens with one attached hydrogen (secondary N) is 1. The molecule has 1 aromatic carbocycles. The lowest BCUT2D eigenvalue weighted by Crippen LogP contribution is -2.52. The van der Waals surface area contributed by atoms with E-state index < -0.39 is 30.2 Å². The SMILES string of the molecule is [2H]C1=C([2H])N([2H])N(c2cnn(C)c2)C(C(F)c2cccc(-c3ncc(OCC)cn3)c2)C1=O. The summed E-state index contributed by atoms with van der Waals surface area (Å²) in [5.74, 6) is -0.0389. The van der Waals surface area contributed by atoms with Crippen LogP contribution in [0.15, 0.2) is 61.3 Å². The largest absolute Gasteiger partial charge is 0.491 e. The van der Waals surface area contributed by atoms with Crippen LogP contribution in [-0.2, 0) is 11.8 Å². The van der Waals surface area contributed by atoms with Gasteiger partial charge in [-0.15, -0.1) is 0 Å². The maximum atomic E-state index is 15.9. The molecule has 2 unspecified atom stereocenters. The van der Waals surface area contributed by atoms with Gasteiger partial charge in [-0.3, -0.25) is 14.5 Å². The fourth-order valence-electron chi connectivity index (χ4n) is 3.12. The quantitative estimate of drug-likeness (QED) is 0.668. The smallest absolute Gasteiger partial charge is 0.187 e. The zero-order chi connectivity index (χ0) is 23.7. The van der Waals surface area contributed by atoms with E-state index >= 15 is 4.39 Å². The van der Waals surface area contributed by atoms with Crippen molar-refractivity contribution in [3.8, 4) is 17.1 Å². The van der Waals surface area contributed by atoms with Crippen LogP contribution in [-0.4, -0.2) is 38.2 Å². The molecule has 154 valence electrons. The molecular formula is C21H21FN6O2. The van der Waals surface area contributed by atoms with Crippen LogP contribution in [0.3, 0.4) is 0 Å². The Morgan fingerprint density at radius 1 is 1.37 bits per heavy atom. The molecule has 4 rings (SSSR count). The van der Waals surface area contributed by atoms with Crippen LogP contribution in [0.4, 0.5) is 10.1 Å². The van der Waals surface area contributed by atoms with Crippen molar-refractivity contribution in [1.29, 1.82) is 0 Å². The van der Waals surface area contributed by atoms with Gasteiger partial charge in [0, 0.05) is 31.0 Å². The standard InChI is InChI=1S/C21H21FN6O2/c1-3-30-17-11-23-21(24-12-17)15-6-4-5-14(9-15)19(22)20-18(29)7-8-25-28(20)16-10-26-27(2)13-16/h4-13,19-20,25H,3H2,1-2H3/i7D,8D/hD. The predicted octanol–water partition coefficient (Wildman–Crippen LogP) is 2.76. The molecule has 0 spiro atoms. The molecule has 2 atom stereocenters. The highest BCUT2D eigenvalue weighted by atomic mass is 19.1. The Kier molecular flexibility index (Phi) is 4.46. The molecule has 30 heavy (non-hydrogen) atoms. The lowest BCUT2D eigenvalue weighted by molar-refractivity contribution is -0.117. The Hall–Kier alpha value is -3.75. The Labute approximate surface area is 177 Å². The number of rotatable bonds is 6. The summed E-state index contributed by atoms with van der Waals surface area (Å²) >= 11 is 0. The molecule has 0 aliphatic carbocycles. The molecule has 2 aromatic heterocycles. The van der Waals surface area contributed by atoms with Crippen LogP contribution < -0.4 is 15.2 Å². The van der Waals surface area contributed by atoms with Crippen LogP contribution in [0, 0.1) is 0 Å². The number of ether oxygens (including phenoxy) is 1. The van der Waals surface area contributed by atoms with Gasteiger partial charge in [-0.25, -0.2) is 14.4 Å². The van der Waals surface area contributed by atoms with E-state index in [4.69, 9.17) is 8.89 Å². The second-order valence-corrected chi connectivity index (χ2v) is 6.57. The van der Waals surface area contributed by atoms with Crippen LogP contribution in [0.1, 0.15) is 21.4 Å². The summed E-state index contributed by atoms with van der Waals surface area (Å²) in [7, 11) is 1.64. The van der Waals surface area contributed by atoms with E-state index in [-0.39, 0.29) is 11.3 Å².